The molecule has 3 rings (SSSR count). The molecule has 0 aliphatic rings. The van der Waals surface area contributed by atoms with Gasteiger partial charge in [-0.25, -0.2) is 8.42 Å². The van der Waals surface area contributed by atoms with Crippen molar-refractivity contribution in [2.75, 3.05) is 0 Å². The summed E-state index contributed by atoms with van der Waals surface area (Å²) >= 11 is 0. The van der Waals surface area contributed by atoms with E-state index in [2.05, 4.69) is 6.58 Å². The topological polar surface area (TPSA) is 56.1 Å². The second-order valence-electron chi connectivity index (χ2n) is 5.24. The van der Waals surface area contributed by atoms with E-state index in [1.165, 1.54) is 18.2 Å². The first-order valence-electron chi connectivity index (χ1n) is 7.04. The Morgan fingerprint density at radius 1 is 1.04 bits per heavy atom. The van der Waals surface area contributed by atoms with E-state index in [4.69, 9.17) is 0 Å². The first kappa shape index (κ1) is 15.2. The van der Waals surface area contributed by atoms with Gasteiger partial charge >= 0.3 is 0 Å². The highest BCUT2D eigenvalue weighted by Gasteiger charge is 2.21. The number of rotatable bonds is 3. The number of hydrogen-bond acceptors (Lipinski definition) is 3. The largest absolute Gasteiger partial charge is 0.271 e. The summed E-state index contributed by atoms with van der Waals surface area (Å²) in [6.07, 6.45) is 1.55. The van der Waals surface area contributed by atoms with Crippen LogP contribution < -0.4 is 5.56 Å². The van der Waals surface area contributed by atoms with E-state index in [1.54, 1.807) is 42.5 Å². The van der Waals surface area contributed by atoms with Crippen LogP contribution >= 0.6 is 0 Å². The summed E-state index contributed by atoms with van der Waals surface area (Å²) in [5, 5.41) is 0.665. The van der Waals surface area contributed by atoms with E-state index in [9.17, 15) is 13.2 Å². The normalized spacial score (nSPS) is 11.5. The van der Waals surface area contributed by atoms with E-state index < -0.39 is 15.6 Å². The van der Waals surface area contributed by atoms with Crippen molar-refractivity contribution in [3.05, 3.63) is 82.7 Å². The van der Waals surface area contributed by atoms with E-state index in [0.29, 0.717) is 16.5 Å². The number of aryl methyl sites for hydroxylation is 1. The molecule has 0 spiro atoms. The molecule has 4 nitrogen and oxygen atoms in total. The van der Waals surface area contributed by atoms with Crippen molar-refractivity contribution in [1.82, 2.24) is 3.97 Å². The van der Waals surface area contributed by atoms with Crippen molar-refractivity contribution in [3.8, 4) is 0 Å². The first-order chi connectivity index (χ1) is 10.9. The number of fused-ring (bicyclic) bond motifs is 1. The standard InChI is InChI=1S/C18H15NO3S/c1-3-14-12-18(20)19(17-7-5-4-6-16(14)17)23(21,22)15-10-8-13(2)9-11-15/h3-12H,1H2,2H3. The van der Waals surface area contributed by atoms with Crippen LogP contribution in [-0.2, 0) is 10.0 Å². The van der Waals surface area contributed by atoms with Crippen LogP contribution in [0, 0.1) is 6.92 Å². The van der Waals surface area contributed by atoms with Gasteiger partial charge in [0.15, 0.2) is 0 Å². The van der Waals surface area contributed by atoms with Gasteiger partial charge in [0, 0.05) is 11.5 Å². The lowest BCUT2D eigenvalue weighted by atomic mass is 10.1. The number of nitrogens with zero attached hydrogens (tertiary/aromatic N) is 1. The van der Waals surface area contributed by atoms with E-state index in [1.807, 2.05) is 6.92 Å². The maximum absolute atomic E-state index is 12.9. The Morgan fingerprint density at radius 3 is 2.35 bits per heavy atom. The summed E-state index contributed by atoms with van der Waals surface area (Å²) in [5.41, 5.74) is 1.30. The zero-order chi connectivity index (χ0) is 16.6. The van der Waals surface area contributed by atoms with Gasteiger partial charge in [0.2, 0.25) is 0 Å². The summed E-state index contributed by atoms with van der Waals surface area (Å²) in [6.45, 7) is 5.56. The minimum Gasteiger partial charge on any atom is -0.268 e. The minimum absolute atomic E-state index is 0.0849. The predicted octanol–water partition coefficient (Wildman–Crippen LogP) is 3.19. The highest BCUT2D eigenvalue weighted by molar-refractivity contribution is 7.90. The van der Waals surface area contributed by atoms with Gasteiger partial charge in [-0.05, 0) is 30.7 Å². The van der Waals surface area contributed by atoms with Gasteiger partial charge in [-0.15, -0.1) is 0 Å². The number of para-hydroxylation sites is 1. The molecule has 0 N–H and O–H groups in total. The average molecular weight is 325 g/mol. The maximum atomic E-state index is 12.9. The van der Waals surface area contributed by atoms with Crippen LogP contribution in [0.1, 0.15) is 11.1 Å². The summed E-state index contributed by atoms with van der Waals surface area (Å²) in [7, 11) is -3.97. The summed E-state index contributed by atoms with van der Waals surface area (Å²) < 4.78 is 26.7. The van der Waals surface area contributed by atoms with Crippen molar-refractivity contribution in [2.45, 2.75) is 11.8 Å². The molecule has 3 aromatic rings. The molecule has 1 aromatic heterocycles. The van der Waals surface area contributed by atoms with Gasteiger partial charge in [-0.2, -0.15) is 3.97 Å². The van der Waals surface area contributed by atoms with Crippen molar-refractivity contribution < 1.29 is 8.42 Å². The van der Waals surface area contributed by atoms with Gasteiger partial charge in [0.1, 0.15) is 0 Å². The molecule has 116 valence electrons. The highest BCUT2D eigenvalue weighted by Crippen LogP contribution is 2.22. The van der Waals surface area contributed by atoms with Crippen molar-refractivity contribution in [2.24, 2.45) is 0 Å². The second kappa shape index (κ2) is 5.52. The molecule has 5 heteroatoms. The van der Waals surface area contributed by atoms with Crippen LogP contribution in [-0.4, -0.2) is 12.4 Å². The molecule has 0 amide bonds. The second-order valence-corrected chi connectivity index (χ2v) is 7.03. The molecule has 0 aliphatic heterocycles. The van der Waals surface area contributed by atoms with E-state index >= 15 is 0 Å². The predicted molar refractivity (Wildman–Crippen MR) is 92.1 cm³/mol. The summed E-state index contributed by atoms with van der Waals surface area (Å²) in [6, 6.07) is 14.6. The van der Waals surface area contributed by atoms with Crippen molar-refractivity contribution >= 4 is 27.0 Å². The molecule has 0 fully saturated rings. The van der Waals surface area contributed by atoms with Crippen LogP contribution in [0.3, 0.4) is 0 Å². The SMILES string of the molecule is C=Cc1cc(=O)n(S(=O)(=O)c2ccc(C)cc2)c2ccccc12. The summed E-state index contributed by atoms with van der Waals surface area (Å²) in [5.74, 6) is 0. The monoisotopic (exact) mass is 325 g/mol. The van der Waals surface area contributed by atoms with Gasteiger partial charge in [-0.1, -0.05) is 48.6 Å². The molecule has 0 unspecified atom stereocenters. The lowest BCUT2D eigenvalue weighted by Crippen LogP contribution is -2.27. The maximum Gasteiger partial charge on any atom is 0.271 e. The molecule has 0 saturated carbocycles. The van der Waals surface area contributed by atoms with Gasteiger partial charge in [-0.3, -0.25) is 4.79 Å². The quantitative estimate of drug-likeness (QED) is 0.743. The fourth-order valence-electron chi connectivity index (χ4n) is 2.52. The Labute approximate surface area is 134 Å². The molecule has 1 heterocycles. The molecule has 0 bridgehead atoms. The Morgan fingerprint density at radius 2 is 1.70 bits per heavy atom. The van der Waals surface area contributed by atoms with Gasteiger partial charge < -0.3 is 0 Å². The van der Waals surface area contributed by atoms with Crippen LogP contribution in [0.2, 0.25) is 0 Å². The zero-order valence-electron chi connectivity index (χ0n) is 12.6. The number of aromatic nitrogens is 1. The number of pyridine rings is 1. The fraction of sp³-hybridized carbons (Fsp3) is 0.0556. The first-order valence-corrected chi connectivity index (χ1v) is 8.48. The van der Waals surface area contributed by atoms with Gasteiger partial charge in [0.05, 0.1) is 10.4 Å². The average Bonchev–Trinajstić information content (AvgIpc) is 2.54. The molecule has 0 saturated heterocycles. The van der Waals surface area contributed by atoms with Crippen LogP contribution in [0.25, 0.3) is 17.0 Å². The van der Waals surface area contributed by atoms with Crippen LogP contribution in [0.5, 0.6) is 0 Å². The Bertz CT molecular complexity index is 1060. The smallest absolute Gasteiger partial charge is 0.268 e. The lowest BCUT2D eigenvalue weighted by molar-refractivity contribution is 0.587. The number of benzene rings is 2. The highest BCUT2D eigenvalue weighted by atomic mass is 32.2. The minimum atomic E-state index is -3.97. The van der Waals surface area contributed by atoms with Crippen molar-refractivity contribution in [1.29, 1.82) is 0 Å². The third-order valence-corrected chi connectivity index (χ3v) is 5.42. The molecule has 0 radical (unpaired) electrons. The number of hydrogen-bond donors (Lipinski definition) is 0. The third kappa shape index (κ3) is 2.49. The fourth-order valence-corrected chi connectivity index (χ4v) is 3.91. The van der Waals surface area contributed by atoms with Crippen molar-refractivity contribution in [3.63, 3.8) is 0 Å². The zero-order valence-corrected chi connectivity index (χ0v) is 13.4. The molecule has 0 aliphatic carbocycles. The molecular weight excluding hydrogens is 310 g/mol. The van der Waals surface area contributed by atoms with E-state index in [-0.39, 0.29) is 4.90 Å². The van der Waals surface area contributed by atoms with Crippen LogP contribution in [0.15, 0.2) is 70.9 Å². The van der Waals surface area contributed by atoms with E-state index in [0.717, 1.165) is 9.54 Å². The molecule has 23 heavy (non-hydrogen) atoms. The Kier molecular flexibility index (Phi) is 3.66. The summed E-state index contributed by atoms with van der Waals surface area (Å²) in [4.78, 5) is 12.5. The molecular formula is C18H15NO3S. The third-order valence-electron chi connectivity index (χ3n) is 3.69. The van der Waals surface area contributed by atoms with Crippen LogP contribution in [0.4, 0.5) is 0 Å². The van der Waals surface area contributed by atoms with Gasteiger partial charge in [0.25, 0.3) is 15.6 Å². The Balaban J connectivity index is 2.40. The Hall–Kier alpha value is -2.66. The lowest BCUT2D eigenvalue weighted by Gasteiger charge is -2.13. The molecule has 2 aromatic carbocycles. The molecule has 0 atom stereocenters.